The molecule has 0 spiro atoms. The van der Waals surface area contributed by atoms with E-state index in [0.29, 0.717) is 27.9 Å². The van der Waals surface area contributed by atoms with Crippen LogP contribution >= 0.6 is 11.6 Å². The monoisotopic (exact) mass is 480 g/mol. The van der Waals surface area contributed by atoms with Crippen molar-refractivity contribution in [2.45, 2.75) is 70.0 Å². The minimum atomic E-state index is -1.18. The second-order valence-corrected chi connectivity index (χ2v) is 9.90. The van der Waals surface area contributed by atoms with E-state index in [-0.39, 0.29) is 24.4 Å². The van der Waals surface area contributed by atoms with Crippen molar-refractivity contribution in [3.8, 4) is 11.5 Å². The van der Waals surface area contributed by atoms with Crippen LogP contribution in [-0.4, -0.2) is 33.2 Å². The topological polar surface area (TPSA) is 80.4 Å². The van der Waals surface area contributed by atoms with E-state index in [1.807, 2.05) is 6.07 Å². The molecular formula is C26H29ClN4O3. The molecule has 5 rings (SSSR count). The first-order chi connectivity index (χ1) is 16.5. The third-order valence-corrected chi connectivity index (χ3v) is 7.16. The Kier molecular flexibility index (Phi) is 6.21. The van der Waals surface area contributed by atoms with Crippen molar-refractivity contribution < 1.29 is 14.0 Å². The molecule has 7 nitrogen and oxygen atoms in total. The van der Waals surface area contributed by atoms with Crippen molar-refractivity contribution in [2.24, 2.45) is 0 Å². The summed E-state index contributed by atoms with van der Waals surface area (Å²) in [6, 6.07) is 12.5. The van der Waals surface area contributed by atoms with Crippen LogP contribution in [0.15, 0.2) is 53.1 Å². The number of carbonyl (C=O) groups excluding carboxylic acids is 2. The van der Waals surface area contributed by atoms with Crippen LogP contribution < -0.4 is 10.2 Å². The summed E-state index contributed by atoms with van der Waals surface area (Å²) in [6.45, 7) is 2.03. The lowest BCUT2D eigenvalue weighted by Crippen LogP contribution is -2.65. The number of aromatic nitrogens is 2. The fraction of sp³-hybridized carbons (Fsp3) is 0.423. The van der Waals surface area contributed by atoms with Crippen LogP contribution in [0.4, 0.5) is 5.69 Å². The number of halogens is 1. The Morgan fingerprint density at radius 1 is 1.12 bits per heavy atom. The van der Waals surface area contributed by atoms with Crippen LogP contribution in [0.5, 0.6) is 0 Å². The van der Waals surface area contributed by atoms with Crippen LogP contribution in [0.1, 0.15) is 62.4 Å². The number of rotatable bonds is 4. The summed E-state index contributed by atoms with van der Waals surface area (Å²) in [5.74, 6) is 0.103. The molecule has 1 aliphatic heterocycles. The fourth-order valence-corrected chi connectivity index (χ4v) is 5.27. The third-order valence-electron chi connectivity index (χ3n) is 6.92. The van der Waals surface area contributed by atoms with E-state index in [0.717, 1.165) is 25.7 Å². The molecule has 0 radical (unpaired) electrons. The van der Waals surface area contributed by atoms with Gasteiger partial charge in [0.05, 0.1) is 12.8 Å². The molecule has 178 valence electrons. The summed E-state index contributed by atoms with van der Waals surface area (Å²) < 4.78 is 7.11. The van der Waals surface area contributed by atoms with Gasteiger partial charge in [-0.2, -0.15) is 5.10 Å². The summed E-state index contributed by atoms with van der Waals surface area (Å²) in [5, 5.41) is 8.39. The quantitative estimate of drug-likeness (QED) is 0.538. The molecule has 1 aromatic carbocycles. The zero-order chi connectivity index (χ0) is 23.7. The van der Waals surface area contributed by atoms with Gasteiger partial charge in [0.1, 0.15) is 16.9 Å². The minimum absolute atomic E-state index is 0.110. The Morgan fingerprint density at radius 3 is 2.59 bits per heavy atom. The lowest BCUT2D eigenvalue weighted by molar-refractivity contribution is -0.127. The van der Waals surface area contributed by atoms with Gasteiger partial charge < -0.3 is 9.73 Å². The van der Waals surface area contributed by atoms with Crippen molar-refractivity contribution in [3.63, 3.8) is 0 Å². The number of nitrogens with one attached hydrogen (secondary N) is 1. The molecule has 3 heterocycles. The van der Waals surface area contributed by atoms with Crippen molar-refractivity contribution in [1.82, 2.24) is 15.1 Å². The lowest BCUT2D eigenvalue weighted by Gasteiger charge is -2.43. The molecule has 1 N–H and O–H groups in total. The largest absolute Gasteiger partial charge is 0.463 e. The fourth-order valence-electron chi connectivity index (χ4n) is 5.09. The first-order valence-corrected chi connectivity index (χ1v) is 12.4. The van der Waals surface area contributed by atoms with E-state index in [2.05, 4.69) is 10.4 Å². The minimum Gasteiger partial charge on any atom is -0.463 e. The SMILES string of the molecule is C[C@]1(C(=O)NC2CCCCCCC2)Cn2nc(-c3ccco3)cc2C(=O)N1c1cccc(Cl)c1. The van der Waals surface area contributed by atoms with E-state index >= 15 is 0 Å². The zero-order valence-corrected chi connectivity index (χ0v) is 20.1. The van der Waals surface area contributed by atoms with Crippen molar-refractivity contribution >= 4 is 29.1 Å². The molecule has 1 saturated carbocycles. The molecule has 34 heavy (non-hydrogen) atoms. The molecule has 3 aromatic rings. The van der Waals surface area contributed by atoms with Gasteiger partial charge in [0.15, 0.2) is 5.76 Å². The summed E-state index contributed by atoms with van der Waals surface area (Å²) in [5.41, 5.74) is 0.371. The maximum Gasteiger partial charge on any atom is 0.277 e. The molecule has 1 atom stereocenters. The first kappa shape index (κ1) is 22.7. The van der Waals surface area contributed by atoms with E-state index in [4.69, 9.17) is 16.0 Å². The number of fused-ring (bicyclic) bond motifs is 1. The molecule has 1 aliphatic carbocycles. The zero-order valence-electron chi connectivity index (χ0n) is 19.3. The Bertz CT molecular complexity index is 1180. The number of furan rings is 1. The summed E-state index contributed by atoms with van der Waals surface area (Å²) in [4.78, 5) is 29.3. The highest BCUT2D eigenvalue weighted by Crippen LogP contribution is 2.35. The first-order valence-electron chi connectivity index (χ1n) is 12.0. The number of anilines is 1. The number of hydrogen-bond acceptors (Lipinski definition) is 4. The molecule has 2 aliphatic rings. The smallest absolute Gasteiger partial charge is 0.277 e. The van der Waals surface area contributed by atoms with Crippen LogP contribution in [0.3, 0.4) is 0 Å². The number of amides is 2. The van der Waals surface area contributed by atoms with E-state index < -0.39 is 5.54 Å². The van der Waals surface area contributed by atoms with Gasteiger partial charge in [-0.25, -0.2) is 0 Å². The van der Waals surface area contributed by atoms with Gasteiger partial charge in [-0.1, -0.05) is 49.8 Å². The van der Waals surface area contributed by atoms with Crippen LogP contribution in [0.25, 0.3) is 11.5 Å². The normalized spacial score (nSPS) is 21.6. The molecule has 0 saturated heterocycles. The molecule has 2 amide bonds. The third kappa shape index (κ3) is 4.25. The lowest BCUT2D eigenvalue weighted by atomic mass is 9.91. The highest BCUT2D eigenvalue weighted by atomic mass is 35.5. The van der Waals surface area contributed by atoms with E-state index in [9.17, 15) is 9.59 Å². The average Bonchev–Trinajstić information content (AvgIpc) is 3.45. The maximum atomic E-state index is 13.8. The van der Waals surface area contributed by atoms with E-state index in [1.54, 1.807) is 59.2 Å². The maximum absolute atomic E-state index is 13.8. The Labute approximate surface area is 204 Å². The van der Waals surface area contributed by atoms with E-state index in [1.165, 1.54) is 19.3 Å². The second kappa shape index (κ2) is 9.29. The molecule has 2 aromatic heterocycles. The van der Waals surface area contributed by atoms with Crippen molar-refractivity contribution in [1.29, 1.82) is 0 Å². The summed E-state index contributed by atoms with van der Waals surface area (Å²) >= 11 is 6.28. The molecule has 0 bridgehead atoms. The average molecular weight is 481 g/mol. The number of hydrogen-bond donors (Lipinski definition) is 1. The Morgan fingerprint density at radius 2 is 1.88 bits per heavy atom. The Hall–Kier alpha value is -3.06. The number of nitrogens with zero attached hydrogens (tertiary/aromatic N) is 3. The predicted octanol–water partition coefficient (Wildman–Crippen LogP) is 5.44. The van der Waals surface area contributed by atoms with Crippen LogP contribution in [0.2, 0.25) is 5.02 Å². The number of benzene rings is 1. The highest BCUT2D eigenvalue weighted by molar-refractivity contribution is 6.31. The summed E-state index contributed by atoms with van der Waals surface area (Å²) in [6.07, 6.45) is 9.36. The van der Waals surface area contributed by atoms with Gasteiger partial charge in [0.2, 0.25) is 5.91 Å². The second-order valence-electron chi connectivity index (χ2n) is 9.46. The molecule has 0 unspecified atom stereocenters. The van der Waals surface area contributed by atoms with Gasteiger partial charge in [0.25, 0.3) is 5.91 Å². The summed E-state index contributed by atoms with van der Waals surface area (Å²) in [7, 11) is 0. The van der Waals surface area contributed by atoms with Gasteiger partial charge >= 0.3 is 0 Å². The van der Waals surface area contributed by atoms with Gasteiger partial charge in [-0.15, -0.1) is 0 Å². The van der Waals surface area contributed by atoms with Crippen LogP contribution in [0, 0.1) is 0 Å². The Balaban J connectivity index is 1.52. The predicted molar refractivity (Wildman–Crippen MR) is 131 cm³/mol. The van der Waals surface area contributed by atoms with Crippen molar-refractivity contribution in [2.75, 3.05) is 4.90 Å². The van der Waals surface area contributed by atoms with Gasteiger partial charge in [-0.05, 0) is 50.1 Å². The molecular weight excluding hydrogens is 452 g/mol. The van der Waals surface area contributed by atoms with Gasteiger partial charge in [0, 0.05) is 22.8 Å². The van der Waals surface area contributed by atoms with Gasteiger partial charge in [-0.3, -0.25) is 19.2 Å². The highest BCUT2D eigenvalue weighted by Gasteiger charge is 2.49. The molecule has 8 heteroatoms. The van der Waals surface area contributed by atoms with Crippen LogP contribution in [-0.2, 0) is 11.3 Å². The number of carbonyl (C=O) groups is 2. The molecule has 1 fully saturated rings. The van der Waals surface area contributed by atoms with Crippen molar-refractivity contribution in [3.05, 3.63) is 59.4 Å². The standard InChI is InChI=1S/C26H29ClN4O3/c1-26(25(33)28-19-10-5-3-2-4-6-11-19)17-30-22(16-21(29-30)23-13-8-14-34-23)24(32)31(26)20-12-7-9-18(27)15-20/h7-9,12-16,19H,2-6,10-11,17H2,1H3,(H,28,33)/t26-/m1/s1.